The highest BCUT2D eigenvalue weighted by Gasteiger charge is 2.13. The number of benzene rings is 2. The van der Waals surface area contributed by atoms with Crippen molar-refractivity contribution in [2.75, 3.05) is 29.9 Å². The van der Waals surface area contributed by atoms with Crippen LogP contribution in [0.5, 0.6) is 0 Å². The van der Waals surface area contributed by atoms with Gasteiger partial charge in [0.1, 0.15) is 5.82 Å². The van der Waals surface area contributed by atoms with Crippen molar-refractivity contribution < 1.29 is 14.3 Å². The van der Waals surface area contributed by atoms with Crippen LogP contribution in [0.1, 0.15) is 0 Å². The Labute approximate surface area is 142 Å². The first-order valence-corrected chi connectivity index (χ1v) is 8.24. The molecule has 2 N–H and O–H groups in total. The number of carbonyl (C=O) groups is 1. The van der Waals surface area contributed by atoms with Gasteiger partial charge in [0.25, 0.3) is 0 Å². The summed E-state index contributed by atoms with van der Waals surface area (Å²) >= 11 is 1.23. The number of nitrogens with one attached hydrogen (secondary N) is 1. The Bertz CT molecular complexity index is 838. The first kappa shape index (κ1) is 16.4. The number of hydrogen-bond donors (Lipinski definition) is 2. The van der Waals surface area contributed by atoms with Gasteiger partial charge in [-0.3, -0.25) is 4.79 Å². The average molecular weight is 345 g/mol. The van der Waals surface area contributed by atoms with E-state index in [2.05, 4.69) is 10.3 Å². The molecule has 124 valence electrons. The molecule has 0 saturated heterocycles. The largest absolute Gasteiger partial charge is 0.395 e. The van der Waals surface area contributed by atoms with E-state index < -0.39 is 0 Å². The second-order valence-corrected chi connectivity index (χ2v) is 6.19. The number of hydrogen-bond acceptors (Lipinski definition) is 5. The minimum Gasteiger partial charge on any atom is -0.395 e. The number of aromatic nitrogens is 1. The number of halogens is 1. The highest BCUT2D eigenvalue weighted by molar-refractivity contribution is 7.22. The second-order valence-electron chi connectivity index (χ2n) is 5.16. The van der Waals surface area contributed by atoms with Crippen LogP contribution in [0, 0.1) is 5.82 Å². The standard InChI is InChI=1S/C17H16FN3O2S/c18-12-6-7-14-15(10-12)24-17(19-14)20-16(23)11-21(8-9-22)13-4-2-1-3-5-13/h1-7,10,22H,8-9,11H2,(H,19,20,23). The Morgan fingerprint density at radius 2 is 2.04 bits per heavy atom. The van der Waals surface area contributed by atoms with Crippen LogP contribution in [0.15, 0.2) is 48.5 Å². The lowest BCUT2D eigenvalue weighted by Gasteiger charge is -2.22. The molecule has 1 heterocycles. The van der Waals surface area contributed by atoms with Crippen LogP contribution in [0.3, 0.4) is 0 Å². The van der Waals surface area contributed by atoms with Crippen LogP contribution < -0.4 is 10.2 Å². The fourth-order valence-corrected chi connectivity index (χ4v) is 3.25. The molecule has 5 nitrogen and oxygen atoms in total. The van der Waals surface area contributed by atoms with Crippen LogP contribution in [-0.4, -0.2) is 35.7 Å². The fourth-order valence-electron chi connectivity index (χ4n) is 2.34. The zero-order chi connectivity index (χ0) is 16.9. The van der Waals surface area contributed by atoms with E-state index in [0.29, 0.717) is 21.9 Å². The zero-order valence-corrected chi connectivity index (χ0v) is 13.6. The van der Waals surface area contributed by atoms with Crippen molar-refractivity contribution in [1.29, 1.82) is 0 Å². The molecule has 0 aliphatic rings. The molecule has 0 saturated carbocycles. The Hall–Kier alpha value is -2.51. The summed E-state index contributed by atoms with van der Waals surface area (Å²) in [6.07, 6.45) is 0. The van der Waals surface area contributed by atoms with Crippen molar-refractivity contribution in [2.45, 2.75) is 0 Å². The minimum absolute atomic E-state index is 0.0530. The molecule has 0 spiro atoms. The summed E-state index contributed by atoms with van der Waals surface area (Å²) in [4.78, 5) is 18.3. The fraction of sp³-hybridized carbons (Fsp3) is 0.176. The molecular formula is C17H16FN3O2S. The Morgan fingerprint density at radius 1 is 1.25 bits per heavy atom. The van der Waals surface area contributed by atoms with Gasteiger partial charge in [0.15, 0.2) is 5.13 Å². The van der Waals surface area contributed by atoms with Crippen molar-refractivity contribution >= 4 is 38.3 Å². The second kappa shape index (κ2) is 7.37. The van der Waals surface area contributed by atoms with E-state index in [1.165, 1.54) is 23.5 Å². The van der Waals surface area contributed by atoms with E-state index in [4.69, 9.17) is 0 Å². The molecule has 0 unspecified atom stereocenters. The maximum absolute atomic E-state index is 13.2. The number of para-hydroxylation sites is 1. The third kappa shape index (κ3) is 3.87. The summed E-state index contributed by atoms with van der Waals surface area (Å²) in [5.41, 5.74) is 1.50. The molecule has 2 aromatic carbocycles. The topological polar surface area (TPSA) is 65.5 Å². The van der Waals surface area contributed by atoms with Crippen molar-refractivity contribution in [3.8, 4) is 0 Å². The number of amides is 1. The van der Waals surface area contributed by atoms with Crippen LogP contribution in [0.25, 0.3) is 10.2 Å². The Morgan fingerprint density at radius 3 is 2.79 bits per heavy atom. The SMILES string of the molecule is O=C(CN(CCO)c1ccccc1)Nc1nc2ccc(F)cc2s1. The first-order valence-electron chi connectivity index (χ1n) is 7.42. The molecule has 0 bridgehead atoms. The van der Waals surface area contributed by atoms with Crippen LogP contribution >= 0.6 is 11.3 Å². The summed E-state index contributed by atoms with van der Waals surface area (Å²) in [6.45, 7) is 0.389. The molecule has 1 aromatic heterocycles. The number of thiazole rings is 1. The van der Waals surface area contributed by atoms with E-state index in [1.54, 1.807) is 11.0 Å². The van der Waals surface area contributed by atoms with E-state index in [9.17, 15) is 14.3 Å². The molecule has 3 rings (SSSR count). The van der Waals surface area contributed by atoms with Gasteiger partial charge in [-0.05, 0) is 30.3 Å². The maximum Gasteiger partial charge on any atom is 0.245 e. The lowest BCUT2D eigenvalue weighted by molar-refractivity contribution is -0.115. The lowest BCUT2D eigenvalue weighted by Crippen LogP contribution is -2.35. The minimum atomic E-state index is -0.331. The summed E-state index contributed by atoms with van der Waals surface area (Å²) in [5.74, 6) is -0.575. The third-order valence-corrected chi connectivity index (χ3v) is 4.36. The zero-order valence-electron chi connectivity index (χ0n) is 12.8. The van der Waals surface area contributed by atoms with Gasteiger partial charge in [-0.2, -0.15) is 0 Å². The lowest BCUT2D eigenvalue weighted by atomic mass is 10.3. The van der Waals surface area contributed by atoms with E-state index in [-0.39, 0.29) is 24.9 Å². The quantitative estimate of drug-likeness (QED) is 0.721. The van der Waals surface area contributed by atoms with Crippen molar-refractivity contribution in [3.05, 3.63) is 54.3 Å². The number of aliphatic hydroxyl groups is 1. The highest BCUT2D eigenvalue weighted by atomic mass is 32.1. The smallest absolute Gasteiger partial charge is 0.245 e. The first-order chi connectivity index (χ1) is 11.7. The maximum atomic E-state index is 13.2. The molecule has 7 heteroatoms. The molecular weight excluding hydrogens is 329 g/mol. The normalized spacial score (nSPS) is 10.8. The number of fused-ring (bicyclic) bond motifs is 1. The highest BCUT2D eigenvalue weighted by Crippen LogP contribution is 2.26. The van der Waals surface area contributed by atoms with E-state index >= 15 is 0 Å². The summed E-state index contributed by atoms with van der Waals surface area (Å²) in [6, 6.07) is 13.7. The number of carbonyl (C=O) groups excluding carboxylic acids is 1. The number of rotatable bonds is 6. The van der Waals surface area contributed by atoms with Gasteiger partial charge in [-0.1, -0.05) is 29.5 Å². The molecule has 0 aliphatic carbocycles. The molecule has 1 amide bonds. The molecule has 0 fully saturated rings. The van der Waals surface area contributed by atoms with Crippen LogP contribution in [0.4, 0.5) is 15.2 Å². The van der Waals surface area contributed by atoms with Crippen molar-refractivity contribution in [3.63, 3.8) is 0 Å². The van der Waals surface area contributed by atoms with Gasteiger partial charge < -0.3 is 15.3 Å². The van der Waals surface area contributed by atoms with E-state index in [0.717, 1.165) is 5.69 Å². The molecule has 0 radical (unpaired) electrons. The van der Waals surface area contributed by atoms with Crippen molar-refractivity contribution in [2.24, 2.45) is 0 Å². The number of aliphatic hydroxyl groups excluding tert-OH is 1. The third-order valence-electron chi connectivity index (χ3n) is 3.42. The molecule has 0 aliphatic heterocycles. The molecule has 0 atom stereocenters. The Kier molecular flexibility index (Phi) is 5.02. The van der Waals surface area contributed by atoms with Gasteiger partial charge in [0.05, 0.1) is 23.4 Å². The van der Waals surface area contributed by atoms with Gasteiger partial charge in [-0.25, -0.2) is 9.37 Å². The summed E-state index contributed by atoms with van der Waals surface area (Å²) in [7, 11) is 0. The number of nitrogens with zero attached hydrogens (tertiary/aromatic N) is 2. The predicted molar refractivity (Wildman–Crippen MR) is 93.9 cm³/mol. The van der Waals surface area contributed by atoms with Gasteiger partial charge in [0, 0.05) is 12.2 Å². The monoisotopic (exact) mass is 345 g/mol. The summed E-state index contributed by atoms with van der Waals surface area (Å²) < 4.78 is 13.9. The van der Waals surface area contributed by atoms with Gasteiger partial charge >= 0.3 is 0 Å². The average Bonchev–Trinajstić information content (AvgIpc) is 2.96. The van der Waals surface area contributed by atoms with Crippen LogP contribution in [0.2, 0.25) is 0 Å². The predicted octanol–water partition coefficient (Wildman–Crippen LogP) is 2.87. The molecule has 3 aromatic rings. The number of anilines is 2. The van der Waals surface area contributed by atoms with Gasteiger partial charge in [-0.15, -0.1) is 0 Å². The summed E-state index contributed by atoms with van der Waals surface area (Å²) in [5, 5.41) is 12.4. The van der Waals surface area contributed by atoms with E-state index in [1.807, 2.05) is 30.3 Å². The van der Waals surface area contributed by atoms with Crippen molar-refractivity contribution in [1.82, 2.24) is 4.98 Å². The molecule has 24 heavy (non-hydrogen) atoms. The van der Waals surface area contributed by atoms with Crippen LogP contribution in [-0.2, 0) is 4.79 Å². The van der Waals surface area contributed by atoms with Gasteiger partial charge in [0.2, 0.25) is 5.91 Å². The Balaban J connectivity index is 1.70.